The van der Waals surface area contributed by atoms with E-state index in [1.807, 2.05) is 0 Å². The molecule has 0 bridgehead atoms. The smallest absolute Gasteiger partial charge is 0.0478 e. The van der Waals surface area contributed by atoms with Crippen LogP contribution >= 0.6 is 0 Å². The summed E-state index contributed by atoms with van der Waals surface area (Å²) in [6.45, 7) is 11.7. The third-order valence-corrected chi connectivity index (χ3v) is 3.68. The van der Waals surface area contributed by atoms with Crippen LogP contribution in [0.2, 0.25) is 0 Å². The fourth-order valence-corrected chi connectivity index (χ4v) is 2.37. The van der Waals surface area contributed by atoms with Gasteiger partial charge in [0.05, 0.1) is 0 Å². The standard InChI is InChI=1S/C19H33NO/c1-5-6-13-21-14-7-12-20-17(4)19-10-8-18(9-11-19)15-16(2)3/h8-11,16-17,20H,5-7,12-15H2,1-4H3. The van der Waals surface area contributed by atoms with Crippen molar-refractivity contribution in [3.05, 3.63) is 35.4 Å². The molecular formula is C19H33NO. The highest BCUT2D eigenvalue weighted by atomic mass is 16.5. The van der Waals surface area contributed by atoms with Crippen molar-refractivity contribution in [2.24, 2.45) is 5.92 Å². The Bertz CT molecular complexity index is 358. The summed E-state index contributed by atoms with van der Waals surface area (Å²) in [5, 5.41) is 3.57. The van der Waals surface area contributed by atoms with E-state index in [-0.39, 0.29) is 0 Å². The number of rotatable bonds is 11. The molecule has 0 aliphatic carbocycles. The number of benzene rings is 1. The van der Waals surface area contributed by atoms with Crippen LogP contribution in [-0.2, 0) is 11.2 Å². The van der Waals surface area contributed by atoms with Gasteiger partial charge < -0.3 is 10.1 Å². The van der Waals surface area contributed by atoms with Gasteiger partial charge in [0.2, 0.25) is 0 Å². The maximum absolute atomic E-state index is 5.57. The van der Waals surface area contributed by atoms with Crippen molar-refractivity contribution in [1.29, 1.82) is 0 Å². The molecule has 1 rings (SSSR count). The van der Waals surface area contributed by atoms with Gasteiger partial charge in [0.1, 0.15) is 0 Å². The summed E-state index contributed by atoms with van der Waals surface area (Å²) in [4.78, 5) is 0. The molecule has 2 nitrogen and oxygen atoms in total. The molecule has 0 saturated carbocycles. The summed E-state index contributed by atoms with van der Waals surface area (Å²) in [5.74, 6) is 0.721. The van der Waals surface area contributed by atoms with Crippen LogP contribution in [0.25, 0.3) is 0 Å². The van der Waals surface area contributed by atoms with Gasteiger partial charge in [-0.25, -0.2) is 0 Å². The predicted octanol–water partition coefficient (Wildman–Crippen LogP) is 4.74. The van der Waals surface area contributed by atoms with E-state index in [4.69, 9.17) is 4.74 Å². The van der Waals surface area contributed by atoms with E-state index < -0.39 is 0 Å². The number of hydrogen-bond donors (Lipinski definition) is 1. The molecule has 1 N–H and O–H groups in total. The molecule has 1 unspecified atom stereocenters. The van der Waals surface area contributed by atoms with E-state index in [1.54, 1.807) is 0 Å². The molecule has 0 saturated heterocycles. The first kappa shape index (κ1) is 18.2. The molecule has 1 atom stereocenters. The monoisotopic (exact) mass is 291 g/mol. The second-order valence-corrected chi connectivity index (χ2v) is 6.33. The van der Waals surface area contributed by atoms with Crippen LogP contribution in [0.3, 0.4) is 0 Å². The Labute approximate surface area is 131 Å². The zero-order valence-corrected chi connectivity index (χ0v) is 14.3. The third-order valence-electron chi connectivity index (χ3n) is 3.68. The van der Waals surface area contributed by atoms with E-state index >= 15 is 0 Å². The van der Waals surface area contributed by atoms with Crippen molar-refractivity contribution in [2.45, 2.75) is 59.4 Å². The molecule has 0 fully saturated rings. The number of ether oxygens (including phenoxy) is 1. The molecule has 0 radical (unpaired) electrons. The average molecular weight is 291 g/mol. The first-order valence-electron chi connectivity index (χ1n) is 8.53. The van der Waals surface area contributed by atoms with Crippen LogP contribution in [0.5, 0.6) is 0 Å². The highest BCUT2D eigenvalue weighted by Gasteiger charge is 2.05. The van der Waals surface area contributed by atoms with Gasteiger partial charge in [0.25, 0.3) is 0 Å². The topological polar surface area (TPSA) is 21.3 Å². The summed E-state index contributed by atoms with van der Waals surface area (Å²) in [6, 6.07) is 9.46. The highest BCUT2D eigenvalue weighted by molar-refractivity contribution is 5.25. The zero-order chi connectivity index (χ0) is 15.5. The quantitative estimate of drug-likeness (QED) is 0.594. The molecule has 0 aromatic heterocycles. The maximum atomic E-state index is 5.57. The first-order valence-corrected chi connectivity index (χ1v) is 8.53. The minimum Gasteiger partial charge on any atom is -0.381 e. The molecule has 0 aliphatic heterocycles. The summed E-state index contributed by atoms with van der Waals surface area (Å²) < 4.78 is 5.57. The Hall–Kier alpha value is -0.860. The lowest BCUT2D eigenvalue weighted by Crippen LogP contribution is -2.21. The highest BCUT2D eigenvalue weighted by Crippen LogP contribution is 2.15. The van der Waals surface area contributed by atoms with Gasteiger partial charge >= 0.3 is 0 Å². The SMILES string of the molecule is CCCCOCCCNC(C)c1ccc(CC(C)C)cc1. The Kier molecular flexibility index (Phi) is 9.36. The van der Waals surface area contributed by atoms with E-state index in [0.29, 0.717) is 6.04 Å². The molecule has 0 heterocycles. The average Bonchev–Trinajstić information content (AvgIpc) is 2.46. The van der Waals surface area contributed by atoms with Gasteiger partial charge in [0.15, 0.2) is 0 Å². The van der Waals surface area contributed by atoms with E-state index in [9.17, 15) is 0 Å². The van der Waals surface area contributed by atoms with Crippen molar-refractivity contribution < 1.29 is 4.74 Å². The van der Waals surface area contributed by atoms with Crippen LogP contribution in [-0.4, -0.2) is 19.8 Å². The van der Waals surface area contributed by atoms with E-state index in [2.05, 4.69) is 57.3 Å². The fourth-order valence-electron chi connectivity index (χ4n) is 2.37. The van der Waals surface area contributed by atoms with Gasteiger partial charge in [-0.05, 0) is 49.8 Å². The van der Waals surface area contributed by atoms with Crippen LogP contribution in [0.1, 0.15) is 64.1 Å². The molecule has 1 aromatic carbocycles. The van der Waals surface area contributed by atoms with Crippen molar-refractivity contribution in [2.75, 3.05) is 19.8 Å². The Morgan fingerprint density at radius 2 is 1.67 bits per heavy atom. The number of nitrogens with one attached hydrogen (secondary N) is 1. The van der Waals surface area contributed by atoms with Gasteiger partial charge in [-0.2, -0.15) is 0 Å². The molecule has 0 aliphatic rings. The summed E-state index contributed by atoms with van der Waals surface area (Å²) >= 11 is 0. The Morgan fingerprint density at radius 3 is 2.29 bits per heavy atom. The second-order valence-electron chi connectivity index (χ2n) is 6.33. The minimum atomic E-state index is 0.411. The van der Waals surface area contributed by atoms with Gasteiger partial charge in [-0.15, -0.1) is 0 Å². The zero-order valence-electron chi connectivity index (χ0n) is 14.3. The Balaban J connectivity index is 2.21. The summed E-state index contributed by atoms with van der Waals surface area (Å²) in [7, 11) is 0. The lowest BCUT2D eigenvalue weighted by molar-refractivity contribution is 0.128. The van der Waals surface area contributed by atoms with Crippen LogP contribution in [0.15, 0.2) is 24.3 Å². The van der Waals surface area contributed by atoms with Crippen LogP contribution < -0.4 is 5.32 Å². The second kappa shape index (κ2) is 10.8. The first-order chi connectivity index (χ1) is 10.1. The molecule has 120 valence electrons. The normalized spacial score (nSPS) is 12.8. The van der Waals surface area contributed by atoms with Gasteiger partial charge in [-0.3, -0.25) is 0 Å². The third kappa shape index (κ3) is 8.23. The minimum absolute atomic E-state index is 0.411. The van der Waals surface area contributed by atoms with Crippen LogP contribution in [0, 0.1) is 5.92 Å². The molecule has 0 amide bonds. The molecule has 21 heavy (non-hydrogen) atoms. The Morgan fingerprint density at radius 1 is 1.00 bits per heavy atom. The predicted molar refractivity (Wildman–Crippen MR) is 91.7 cm³/mol. The largest absolute Gasteiger partial charge is 0.381 e. The van der Waals surface area contributed by atoms with E-state index in [0.717, 1.165) is 38.5 Å². The molecular weight excluding hydrogens is 258 g/mol. The number of unbranched alkanes of at least 4 members (excludes halogenated alkanes) is 1. The van der Waals surface area contributed by atoms with Crippen LogP contribution in [0.4, 0.5) is 0 Å². The van der Waals surface area contributed by atoms with E-state index in [1.165, 1.54) is 24.0 Å². The molecule has 1 aromatic rings. The van der Waals surface area contributed by atoms with Gasteiger partial charge in [-0.1, -0.05) is 51.5 Å². The lowest BCUT2D eigenvalue weighted by atomic mass is 10.00. The maximum Gasteiger partial charge on any atom is 0.0478 e. The molecule has 0 spiro atoms. The summed E-state index contributed by atoms with van der Waals surface area (Å²) in [6.07, 6.45) is 4.63. The number of hydrogen-bond acceptors (Lipinski definition) is 2. The fraction of sp³-hybridized carbons (Fsp3) is 0.684. The van der Waals surface area contributed by atoms with Crippen molar-refractivity contribution in [1.82, 2.24) is 5.32 Å². The van der Waals surface area contributed by atoms with Crippen molar-refractivity contribution in [3.8, 4) is 0 Å². The lowest BCUT2D eigenvalue weighted by Gasteiger charge is -2.15. The van der Waals surface area contributed by atoms with Gasteiger partial charge in [0, 0.05) is 19.3 Å². The summed E-state index contributed by atoms with van der Waals surface area (Å²) in [5.41, 5.74) is 2.81. The van der Waals surface area contributed by atoms with Crippen molar-refractivity contribution >= 4 is 0 Å². The molecule has 2 heteroatoms. The van der Waals surface area contributed by atoms with Crippen molar-refractivity contribution in [3.63, 3.8) is 0 Å².